The lowest BCUT2D eigenvalue weighted by molar-refractivity contribution is -0.154. The number of rotatable bonds is 8. The zero-order valence-corrected chi connectivity index (χ0v) is 24.7. The Hall–Kier alpha value is -2.38. The van der Waals surface area contributed by atoms with Crippen molar-refractivity contribution in [2.24, 2.45) is 11.8 Å². The summed E-state index contributed by atoms with van der Waals surface area (Å²) in [6.45, 7) is 9.86. The number of nitrogens with zero attached hydrogens (tertiary/aromatic N) is 4. The Morgan fingerprint density at radius 2 is 1.64 bits per heavy atom. The van der Waals surface area contributed by atoms with Crippen LogP contribution in [0.1, 0.15) is 81.7 Å². The maximum absolute atomic E-state index is 13.7. The van der Waals surface area contributed by atoms with Gasteiger partial charge in [0, 0.05) is 24.3 Å². The molecule has 1 aromatic heterocycles. The molecular weight excluding hydrogens is 510 g/mol. The number of hydrogen-bond acceptors (Lipinski definition) is 4. The van der Waals surface area contributed by atoms with Crippen molar-refractivity contribution >= 4 is 24.2 Å². The zero-order valence-electron chi connectivity index (χ0n) is 23.9. The van der Waals surface area contributed by atoms with Gasteiger partial charge in [-0.15, -0.1) is 12.4 Å². The van der Waals surface area contributed by atoms with Gasteiger partial charge in [0.05, 0.1) is 11.4 Å². The number of likely N-dealkylation sites (tertiary alicyclic amines) is 1. The molecule has 3 heterocycles. The summed E-state index contributed by atoms with van der Waals surface area (Å²) in [5.74, 6) is 0.784. The molecule has 8 heteroatoms. The van der Waals surface area contributed by atoms with E-state index in [0.29, 0.717) is 12.5 Å². The van der Waals surface area contributed by atoms with E-state index in [1.54, 1.807) is 0 Å². The number of nitrogens with one attached hydrogen (secondary N) is 1. The van der Waals surface area contributed by atoms with Gasteiger partial charge in [-0.3, -0.25) is 14.5 Å². The molecule has 0 radical (unpaired) electrons. The minimum atomic E-state index is -0.319. The van der Waals surface area contributed by atoms with E-state index in [2.05, 4.69) is 43.1 Å². The van der Waals surface area contributed by atoms with Crippen molar-refractivity contribution in [3.63, 3.8) is 0 Å². The van der Waals surface area contributed by atoms with Gasteiger partial charge in [0.25, 0.3) is 0 Å². The second kappa shape index (κ2) is 13.3. The highest BCUT2D eigenvalue weighted by Gasteiger charge is 2.46. The molecule has 2 saturated heterocycles. The average Bonchev–Trinajstić information content (AvgIpc) is 3.23. The lowest BCUT2D eigenvalue weighted by Crippen LogP contribution is -2.67. The third-order valence-corrected chi connectivity index (χ3v) is 9.23. The standard InChI is InChI=1S/C31H45N5O2.ClH/c1-4-5-18-35-29(30(37)32-28(31(35)38)24-12-8-6-9-13-24)25-16-19-34(20-17-25)21-27-22(2)33-36(23(27)3)26-14-10-7-11-15-26;/h7,10-11,14-15,24-25,28-29H,4-6,8-9,12-13,16-21H2,1-3H3,(H,32,37);1H/t28-,29-;/m0./s1. The Bertz CT molecular complexity index is 1110. The summed E-state index contributed by atoms with van der Waals surface area (Å²) < 4.78 is 2.05. The highest BCUT2D eigenvalue weighted by atomic mass is 35.5. The van der Waals surface area contributed by atoms with E-state index >= 15 is 0 Å². The first-order valence-electron chi connectivity index (χ1n) is 14.9. The third-order valence-electron chi connectivity index (χ3n) is 9.23. The van der Waals surface area contributed by atoms with E-state index in [0.717, 1.165) is 69.5 Å². The van der Waals surface area contributed by atoms with Crippen LogP contribution in [-0.2, 0) is 16.1 Å². The third kappa shape index (κ3) is 6.35. The second-order valence-electron chi connectivity index (χ2n) is 11.7. The van der Waals surface area contributed by atoms with E-state index in [9.17, 15) is 9.59 Å². The van der Waals surface area contributed by atoms with E-state index in [4.69, 9.17) is 5.10 Å². The highest BCUT2D eigenvalue weighted by Crippen LogP contribution is 2.33. The van der Waals surface area contributed by atoms with E-state index in [-0.39, 0.29) is 42.2 Å². The van der Waals surface area contributed by atoms with Crippen LogP contribution in [0.25, 0.3) is 5.69 Å². The average molecular weight is 556 g/mol. The Morgan fingerprint density at radius 3 is 2.31 bits per heavy atom. The van der Waals surface area contributed by atoms with E-state index in [1.807, 2.05) is 27.8 Å². The minimum absolute atomic E-state index is 0. The van der Waals surface area contributed by atoms with Crippen LogP contribution in [-0.4, -0.2) is 63.1 Å². The van der Waals surface area contributed by atoms with Crippen LogP contribution in [0.3, 0.4) is 0 Å². The van der Waals surface area contributed by atoms with Crippen LogP contribution >= 0.6 is 12.4 Å². The maximum atomic E-state index is 13.7. The number of carbonyl (C=O) groups is 2. The number of amides is 2. The number of piperidine rings is 1. The van der Waals surface area contributed by atoms with Crippen LogP contribution in [0, 0.1) is 25.7 Å². The smallest absolute Gasteiger partial charge is 0.246 e. The molecule has 2 atom stereocenters. The van der Waals surface area contributed by atoms with Gasteiger partial charge in [-0.2, -0.15) is 5.10 Å². The topological polar surface area (TPSA) is 70.5 Å². The molecule has 0 spiro atoms. The predicted molar refractivity (Wildman–Crippen MR) is 157 cm³/mol. The summed E-state index contributed by atoms with van der Waals surface area (Å²) in [7, 11) is 0. The zero-order chi connectivity index (χ0) is 26.6. The van der Waals surface area contributed by atoms with Gasteiger partial charge >= 0.3 is 0 Å². The molecule has 1 aliphatic carbocycles. The van der Waals surface area contributed by atoms with Crippen LogP contribution in [0.2, 0.25) is 0 Å². The molecule has 39 heavy (non-hydrogen) atoms. The predicted octanol–water partition coefficient (Wildman–Crippen LogP) is 5.20. The fourth-order valence-corrected chi connectivity index (χ4v) is 6.97. The normalized spacial score (nSPS) is 23.5. The van der Waals surface area contributed by atoms with Gasteiger partial charge in [-0.05, 0) is 83.0 Å². The SMILES string of the molecule is CCCCN1C(=O)[C@H](C2CCCCC2)NC(=O)[C@@H]1C1CCN(Cc2c(C)nn(-c3ccccc3)c2C)CC1.Cl. The van der Waals surface area contributed by atoms with Gasteiger partial charge in [0.2, 0.25) is 11.8 Å². The molecule has 7 nitrogen and oxygen atoms in total. The lowest BCUT2D eigenvalue weighted by Gasteiger charge is -2.46. The summed E-state index contributed by atoms with van der Waals surface area (Å²) in [6.07, 6.45) is 9.56. The Kier molecular flexibility index (Phi) is 10.1. The van der Waals surface area contributed by atoms with Crippen LogP contribution < -0.4 is 5.32 Å². The first kappa shape index (κ1) is 29.6. The number of aromatic nitrogens is 2. The maximum Gasteiger partial charge on any atom is 0.246 e. The summed E-state index contributed by atoms with van der Waals surface area (Å²) >= 11 is 0. The molecular formula is C31H46ClN5O2. The van der Waals surface area contributed by atoms with Crippen molar-refractivity contribution in [2.75, 3.05) is 19.6 Å². The van der Waals surface area contributed by atoms with Crippen LogP contribution in [0.5, 0.6) is 0 Å². The number of para-hydroxylation sites is 1. The molecule has 3 aliphatic rings. The molecule has 214 valence electrons. The molecule has 5 rings (SSSR count). The summed E-state index contributed by atoms with van der Waals surface area (Å²) in [5.41, 5.74) is 4.64. The molecule has 1 aromatic carbocycles. The Labute approximate surface area is 240 Å². The number of aryl methyl sites for hydroxylation is 1. The molecule has 2 aliphatic heterocycles. The number of piperazine rings is 1. The number of carbonyl (C=O) groups excluding carboxylic acids is 2. The molecule has 2 aromatic rings. The fourth-order valence-electron chi connectivity index (χ4n) is 6.97. The van der Waals surface area contributed by atoms with Crippen molar-refractivity contribution < 1.29 is 9.59 Å². The largest absolute Gasteiger partial charge is 0.342 e. The first-order chi connectivity index (χ1) is 18.5. The molecule has 0 bridgehead atoms. The first-order valence-corrected chi connectivity index (χ1v) is 14.9. The fraction of sp³-hybridized carbons (Fsp3) is 0.645. The van der Waals surface area contributed by atoms with Gasteiger partial charge in [0.1, 0.15) is 12.1 Å². The van der Waals surface area contributed by atoms with Gasteiger partial charge < -0.3 is 10.2 Å². The number of hydrogen-bond donors (Lipinski definition) is 1. The lowest BCUT2D eigenvalue weighted by atomic mass is 9.80. The van der Waals surface area contributed by atoms with Crippen LogP contribution in [0.4, 0.5) is 0 Å². The van der Waals surface area contributed by atoms with Crippen molar-refractivity contribution in [3.05, 3.63) is 47.3 Å². The molecule has 1 saturated carbocycles. The molecule has 0 unspecified atom stereocenters. The highest BCUT2D eigenvalue weighted by molar-refractivity contribution is 5.97. The Balaban J connectivity index is 0.00000353. The van der Waals surface area contributed by atoms with Crippen molar-refractivity contribution in [3.8, 4) is 5.69 Å². The number of unbranched alkanes of at least 4 members (excludes halogenated alkanes) is 1. The van der Waals surface area contributed by atoms with Gasteiger partial charge in [-0.25, -0.2) is 4.68 Å². The quantitative estimate of drug-likeness (QED) is 0.486. The molecule has 3 fully saturated rings. The molecule has 1 N–H and O–H groups in total. The number of halogens is 1. The summed E-state index contributed by atoms with van der Waals surface area (Å²) in [4.78, 5) is 31.7. The number of benzene rings is 1. The van der Waals surface area contributed by atoms with Crippen molar-refractivity contribution in [1.82, 2.24) is 24.9 Å². The van der Waals surface area contributed by atoms with Crippen molar-refractivity contribution in [2.45, 2.75) is 97.2 Å². The van der Waals surface area contributed by atoms with Crippen molar-refractivity contribution in [1.29, 1.82) is 0 Å². The van der Waals surface area contributed by atoms with Crippen LogP contribution in [0.15, 0.2) is 30.3 Å². The van der Waals surface area contributed by atoms with E-state index < -0.39 is 0 Å². The molecule has 2 amide bonds. The summed E-state index contributed by atoms with van der Waals surface area (Å²) in [6, 6.07) is 9.67. The Morgan fingerprint density at radius 1 is 0.949 bits per heavy atom. The minimum Gasteiger partial charge on any atom is -0.342 e. The monoisotopic (exact) mass is 555 g/mol. The van der Waals surface area contributed by atoms with E-state index in [1.165, 1.54) is 30.5 Å². The van der Waals surface area contributed by atoms with Gasteiger partial charge in [-0.1, -0.05) is 50.8 Å². The summed E-state index contributed by atoms with van der Waals surface area (Å²) in [5, 5.41) is 8.05. The van der Waals surface area contributed by atoms with Gasteiger partial charge in [0.15, 0.2) is 0 Å². The second-order valence-corrected chi connectivity index (χ2v) is 11.7.